The summed E-state index contributed by atoms with van der Waals surface area (Å²) in [5.74, 6) is -0.844. The van der Waals surface area contributed by atoms with E-state index in [1.807, 2.05) is 6.92 Å². The van der Waals surface area contributed by atoms with Crippen molar-refractivity contribution in [3.05, 3.63) is 12.3 Å². The Morgan fingerprint density at radius 3 is 2.88 bits per heavy atom. The van der Waals surface area contributed by atoms with Gasteiger partial charge in [-0.2, -0.15) is 0 Å². The fourth-order valence-electron chi connectivity index (χ4n) is 0.264. The number of hydrogen-bond acceptors (Lipinski definition) is 2. The third-order valence-corrected chi connectivity index (χ3v) is 0.538. The summed E-state index contributed by atoms with van der Waals surface area (Å²) in [6.45, 7) is 1.80. The van der Waals surface area contributed by atoms with Gasteiger partial charge in [-0.05, 0) is 13.1 Å². The van der Waals surface area contributed by atoms with Gasteiger partial charge in [0.05, 0.1) is 0 Å². The van der Waals surface area contributed by atoms with E-state index < -0.39 is 5.97 Å². The van der Waals surface area contributed by atoms with Gasteiger partial charge in [-0.1, -0.05) is 6.08 Å². The molecule has 0 saturated carbocycles. The smallest absolute Gasteiger partial charge is 0.322 e. The zero-order chi connectivity index (χ0) is 6.41. The summed E-state index contributed by atoms with van der Waals surface area (Å²) in [5.41, 5.74) is 0. The van der Waals surface area contributed by atoms with Gasteiger partial charge in [0.25, 0.3) is 0 Å². The SMILES string of the molecule is C/C=C\NCC(=O)O. The van der Waals surface area contributed by atoms with E-state index in [-0.39, 0.29) is 6.54 Å². The fraction of sp³-hybridized carbons (Fsp3) is 0.400. The summed E-state index contributed by atoms with van der Waals surface area (Å²) in [4.78, 5) is 9.78. The van der Waals surface area contributed by atoms with E-state index >= 15 is 0 Å². The normalized spacial score (nSPS) is 9.62. The monoisotopic (exact) mass is 115 g/mol. The van der Waals surface area contributed by atoms with Gasteiger partial charge in [0.15, 0.2) is 0 Å². The second kappa shape index (κ2) is 4.18. The van der Waals surface area contributed by atoms with Crippen LogP contribution in [0.15, 0.2) is 12.3 Å². The molecule has 0 atom stereocenters. The second-order valence-corrected chi connectivity index (χ2v) is 1.27. The molecule has 0 aromatic carbocycles. The number of allylic oxidation sites excluding steroid dienone is 1. The quantitative estimate of drug-likeness (QED) is 0.552. The van der Waals surface area contributed by atoms with E-state index in [1.165, 1.54) is 0 Å². The predicted octanol–water partition coefficient (Wildman–Crippen LogP) is 0.194. The molecule has 0 aliphatic rings. The lowest BCUT2D eigenvalue weighted by Crippen LogP contribution is -2.16. The maximum Gasteiger partial charge on any atom is 0.322 e. The molecule has 0 aliphatic carbocycles. The van der Waals surface area contributed by atoms with Gasteiger partial charge in [0.2, 0.25) is 0 Å². The van der Waals surface area contributed by atoms with Crippen molar-refractivity contribution in [1.82, 2.24) is 5.32 Å². The zero-order valence-electron chi connectivity index (χ0n) is 4.72. The Morgan fingerprint density at radius 2 is 2.50 bits per heavy atom. The number of rotatable bonds is 3. The Balaban J connectivity index is 3.05. The van der Waals surface area contributed by atoms with Crippen molar-refractivity contribution < 1.29 is 9.90 Å². The molecule has 0 amide bonds. The summed E-state index contributed by atoms with van der Waals surface area (Å²) in [7, 11) is 0. The molecule has 46 valence electrons. The van der Waals surface area contributed by atoms with Crippen LogP contribution in [0.3, 0.4) is 0 Å². The molecule has 2 N–H and O–H groups in total. The number of carbonyl (C=O) groups is 1. The van der Waals surface area contributed by atoms with Gasteiger partial charge in [0.1, 0.15) is 6.54 Å². The first-order valence-electron chi connectivity index (χ1n) is 2.33. The van der Waals surface area contributed by atoms with Crippen molar-refractivity contribution in [2.24, 2.45) is 0 Å². The predicted molar refractivity (Wildman–Crippen MR) is 30.5 cm³/mol. The summed E-state index contributed by atoms with van der Waals surface area (Å²) in [6, 6.07) is 0. The Bertz CT molecular complexity index is 98.6. The number of aliphatic carboxylic acids is 1. The summed E-state index contributed by atoms with van der Waals surface area (Å²) >= 11 is 0. The average molecular weight is 115 g/mol. The highest BCUT2D eigenvalue weighted by Gasteiger charge is 1.87. The van der Waals surface area contributed by atoms with Gasteiger partial charge in [-0.3, -0.25) is 4.79 Å². The number of carboxylic acids is 1. The third kappa shape index (κ3) is 5.01. The molecule has 0 heterocycles. The van der Waals surface area contributed by atoms with Crippen molar-refractivity contribution in [3.63, 3.8) is 0 Å². The molecule has 0 saturated heterocycles. The van der Waals surface area contributed by atoms with Crippen molar-refractivity contribution >= 4 is 5.97 Å². The van der Waals surface area contributed by atoms with Crippen LogP contribution in [-0.4, -0.2) is 17.6 Å². The topological polar surface area (TPSA) is 49.3 Å². The molecule has 0 aromatic rings. The number of nitrogens with one attached hydrogen (secondary N) is 1. The van der Waals surface area contributed by atoms with E-state index in [2.05, 4.69) is 5.32 Å². The Morgan fingerprint density at radius 1 is 1.88 bits per heavy atom. The molecule has 0 spiro atoms. The van der Waals surface area contributed by atoms with Gasteiger partial charge < -0.3 is 10.4 Å². The Hall–Kier alpha value is -0.990. The molecular formula is C5H9NO2. The minimum Gasteiger partial charge on any atom is -0.480 e. The second-order valence-electron chi connectivity index (χ2n) is 1.27. The first-order chi connectivity index (χ1) is 3.77. The molecule has 0 unspecified atom stereocenters. The number of hydrogen-bond donors (Lipinski definition) is 2. The third-order valence-electron chi connectivity index (χ3n) is 0.538. The summed E-state index contributed by atoms with van der Waals surface area (Å²) < 4.78 is 0. The zero-order valence-corrected chi connectivity index (χ0v) is 4.72. The average Bonchev–Trinajstić information content (AvgIpc) is 1.66. The van der Waals surface area contributed by atoms with Gasteiger partial charge >= 0.3 is 5.97 Å². The first kappa shape index (κ1) is 7.01. The van der Waals surface area contributed by atoms with Crippen molar-refractivity contribution in [3.8, 4) is 0 Å². The van der Waals surface area contributed by atoms with Crippen LogP contribution in [0.2, 0.25) is 0 Å². The van der Waals surface area contributed by atoms with E-state index in [9.17, 15) is 4.79 Å². The van der Waals surface area contributed by atoms with Crippen molar-refractivity contribution in [1.29, 1.82) is 0 Å². The first-order valence-corrected chi connectivity index (χ1v) is 2.33. The number of carboxylic acid groups (broad SMARTS) is 1. The fourth-order valence-corrected chi connectivity index (χ4v) is 0.264. The van der Waals surface area contributed by atoms with E-state index in [1.54, 1.807) is 12.3 Å². The maximum absolute atomic E-state index is 9.78. The lowest BCUT2D eigenvalue weighted by Gasteiger charge is -1.89. The highest BCUT2D eigenvalue weighted by Crippen LogP contribution is 1.62. The lowest BCUT2D eigenvalue weighted by molar-refractivity contribution is -0.135. The van der Waals surface area contributed by atoms with E-state index in [4.69, 9.17) is 5.11 Å². The largest absolute Gasteiger partial charge is 0.480 e. The molecule has 0 bridgehead atoms. The molecule has 0 radical (unpaired) electrons. The van der Waals surface area contributed by atoms with E-state index in [0.717, 1.165) is 0 Å². The summed E-state index contributed by atoms with van der Waals surface area (Å²) in [5, 5.41) is 10.6. The van der Waals surface area contributed by atoms with Gasteiger partial charge in [-0.25, -0.2) is 0 Å². The molecule has 0 aromatic heterocycles. The van der Waals surface area contributed by atoms with E-state index in [0.29, 0.717) is 0 Å². The van der Waals surface area contributed by atoms with Crippen LogP contribution in [-0.2, 0) is 4.79 Å². The van der Waals surface area contributed by atoms with Crippen LogP contribution in [0, 0.1) is 0 Å². The molecule has 0 aliphatic heterocycles. The molecule has 8 heavy (non-hydrogen) atoms. The highest BCUT2D eigenvalue weighted by atomic mass is 16.4. The van der Waals surface area contributed by atoms with Crippen molar-refractivity contribution in [2.45, 2.75) is 6.92 Å². The van der Waals surface area contributed by atoms with Gasteiger partial charge in [-0.15, -0.1) is 0 Å². The van der Waals surface area contributed by atoms with Crippen LogP contribution < -0.4 is 5.32 Å². The maximum atomic E-state index is 9.78. The van der Waals surface area contributed by atoms with Crippen LogP contribution in [0.4, 0.5) is 0 Å². The van der Waals surface area contributed by atoms with Gasteiger partial charge in [0, 0.05) is 0 Å². The lowest BCUT2D eigenvalue weighted by atomic mass is 10.6. The van der Waals surface area contributed by atoms with Crippen LogP contribution in [0.25, 0.3) is 0 Å². The minimum absolute atomic E-state index is 0.00958. The molecule has 3 nitrogen and oxygen atoms in total. The molecular weight excluding hydrogens is 106 g/mol. The van der Waals surface area contributed by atoms with Crippen LogP contribution in [0.5, 0.6) is 0 Å². The summed E-state index contributed by atoms with van der Waals surface area (Å²) in [6.07, 6.45) is 3.33. The standard InChI is InChI=1S/C5H9NO2/c1-2-3-6-4-5(7)8/h2-3,6H,4H2,1H3,(H,7,8)/b3-2-. The van der Waals surface area contributed by atoms with Crippen molar-refractivity contribution in [2.75, 3.05) is 6.54 Å². The van der Waals surface area contributed by atoms with Crippen LogP contribution in [0.1, 0.15) is 6.92 Å². The molecule has 0 rings (SSSR count). The molecule has 0 fully saturated rings. The molecule has 3 heteroatoms. The Labute approximate surface area is 48.0 Å². The highest BCUT2D eigenvalue weighted by molar-refractivity contribution is 5.69. The Kier molecular flexibility index (Phi) is 3.66. The minimum atomic E-state index is -0.844. The van der Waals surface area contributed by atoms with Crippen LogP contribution >= 0.6 is 0 Å².